The molecule has 2 rings (SSSR count). The van der Waals surface area contributed by atoms with Crippen LogP contribution < -0.4 is 10.6 Å². The maximum atomic E-state index is 6.09. The third-order valence-corrected chi connectivity index (χ3v) is 3.23. The number of anilines is 2. The maximum absolute atomic E-state index is 6.09. The lowest BCUT2D eigenvalue weighted by atomic mass is 10.2. The lowest BCUT2D eigenvalue weighted by Gasteiger charge is -2.25. The van der Waals surface area contributed by atoms with E-state index in [9.17, 15) is 0 Å². The number of hydrogen-bond acceptors (Lipinski definition) is 4. The van der Waals surface area contributed by atoms with Crippen LogP contribution in [0.1, 0.15) is 32.5 Å². The van der Waals surface area contributed by atoms with E-state index in [1.807, 2.05) is 22.9 Å². The fourth-order valence-corrected chi connectivity index (χ4v) is 2.31. The van der Waals surface area contributed by atoms with E-state index in [1.54, 1.807) is 6.33 Å². The fourth-order valence-electron chi connectivity index (χ4n) is 2.31. The van der Waals surface area contributed by atoms with Gasteiger partial charge in [-0.15, -0.1) is 0 Å². The van der Waals surface area contributed by atoms with Crippen LogP contribution in [-0.4, -0.2) is 21.3 Å². The number of nitrogens with zero attached hydrogens (tertiary/aromatic N) is 4. The van der Waals surface area contributed by atoms with Crippen LogP contribution in [0.3, 0.4) is 0 Å². The van der Waals surface area contributed by atoms with E-state index in [0.29, 0.717) is 0 Å². The lowest BCUT2D eigenvalue weighted by Crippen LogP contribution is -2.26. The highest BCUT2D eigenvalue weighted by molar-refractivity contribution is 5.67. The van der Waals surface area contributed by atoms with E-state index >= 15 is 0 Å². The molecule has 0 saturated carbocycles. The van der Waals surface area contributed by atoms with Crippen LogP contribution in [-0.2, 0) is 13.1 Å². The Morgan fingerprint density at radius 1 is 1.20 bits per heavy atom. The third kappa shape index (κ3) is 3.29. The molecule has 0 unspecified atom stereocenters. The number of para-hydroxylation sites is 2. The van der Waals surface area contributed by atoms with Crippen molar-refractivity contribution < 1.29 is 0 Å². The summed E-state index contributed by atoms with van der Waals surface area (Å²) in [6.07, 6.45) is 3.75. The van der Waals surface area contributed by atoms with Gasteiger partial charge in [-0.25, -0.2) is 9.67 Å². The van der Waals surface area contributed by atoms with E-state index in [1.165, 1.54) is 0 Å². The number of benzene rings is 1. The minimum absolute atomic E-state index is 0.738. The van der Waals surface area contributed by atoms with Gasteiger partial charge in [-0.2, -0.15) is 5.10 Å². The van der Waals surface area contributed by atoms with Crippen LogP contribution in [0, 0.1) is 0 Å². The molecule has 1 heterocycles. The SMILES string of the molecule is CCCN(Cc1ncnn1CCC)c1ccccc1N. The average molecular weight is 273 g/mol. The molecule has 2 aromatic rings. The zero-order valence-corrected chi connectivity index (χ0v) is 12.3. The normalized spacial score (nSPS) is 10.7. The Balaban J connectivity index is 2.21. The quantitative estimate of drug-likeness (QED) is 0.788. The second kappa shape index (κ2) is 6.93. The van der Waals surface area contributed by atoms with Crippen molar-refractivity contribution in [3.8, 4) is 0 Å². The van der Waals surface area contributed by atoms with Gasteiger partial charge in [0.25, 0.3) is 0 Å². The van der Waals surface area contributed by atoms with Crippen LogP contribution in [0.4, 0.5) is 11.4 Å². The Labute approximate surface area is 120 Å². The summed E-state index contributed by atoms with van der Waals surface area (Å²) < 4.78 is 1.97. The summed E-state index contributed by atoms with van der Waals surface area (Å²) in [5.41, 5.74) is 7.97. The summed E-state index contributed by atoms with van der Waals surface area (Å²) in [4.78, 5) is 6.65. The Morgan fingerprint density at radius 3 is 2.70 bits per heavy atom. The number of rotatable bonds is 7. The van der Waals surface area contributed by atoms with Crippen molar-refractivity contribution in [2.24, 2.45) is 0 Å². The molecule has 5 heteroatoms. The van der Waals surface area contributed by atoms with Gasteiger partial charge in [0.15, 0.2) is 0 Å². The van der Waals surface area contributed by atoms with Crippen molar-refractivity contribution in [3.63, 3.8) is 0 Å². The van der Waals surface area contributed by atoms with Gasteiger partial charge >= 0.3 is 0 Å². The van der Waals surface area contributed by atoms with Crippen LogP contribution in [0.15, 0.2) is 30.6 Å². The van der Waals surface area contributed by atoms with Gasteiger partial charge in [0.1, 0.15) is 12.2 Å². The predicted molar refractivity (Wildman–Crippen MR) is 82.5 cm³/mol. The molecule has 0 radical (unpaired) electrons. The summed E-state index contributed by atoms with van der Waals surface area (Å²) in [5.74, 6) is 0.989. The molecule has 0 saturated heterocycles. The van der Waals surface area contributed by atoms with Gasteiger partial charge in [-0.1, -0.05) is 26.0 Å². The number of aryl methyl sites for hydroxylation is 1. The first-order valence-corrected chi connectivity index (χ1v) is 7.22. The van der Waals surface area contributed by atoms with Crippen LogP contribution in [0.5, 0.6) is 0 Å². The Bertz CT molecular complexity index is 535. The molecule has 0 spiro atoms. The van der Waals surface area contributed by atoms with Crippen molar-refractivity contribution in [3.05, 3.63) is 36.4 Å². The third-order valence-electron chi connectivity index (χ3n) is 3.23. The molecule has 108 valence electrons. The van der Waals surface area contributed by atoms with E-state index in [0.717, 1.165) is 49.7 Å². The van der Waals surface area contributed by atoms with Crippen molar-refractivity contribution in [1.82, 2.24) is 14.8 Å². The van der Waals surface area contributed by atoms with Crippen LogP contribution >= 0.6 is 0 Å². The Kier molecular flexibility index (Phi) is 4.98. The van der Waals surface area contributed by atoms with Gasteiger partial charge < -0.3 is 10.6 Å². The molecule has 20 heavy (non-hydrogen) atoms. The topological polar surface area (TPSA) is 60.0 Å². The molecule has 0 aliphatic carbocycles. The lowest BCUT2D eigenvalue weighted by molar-refractivity contribution is 0.560. The second-order valence-corrected chi connectivity index (χ2v) is 4.88. The standard InChI is InChI=1S/C15H23N5/c1-3-9-19(14-8-6-5-7-13(14)16)11-15-17-12-18-20(15)10-4-2/h5-8,12H,3-4,9-11,16H2,1-2H3. The first-order valence-electron chi connectivity index (χ1n) is 7.22. The molecule has 0 fully saturated rings. The predicted octanol–water partition coefficient (Wildman–Crippen LogP) is 2.69. The molecule has 1 aromatic carbocycles. The molecule has 0 bridgehead atoms. The highest BCUT2D eigenvalue weighted by atomic mass is 15.3. The molecular weight excluding hydrogens is 250 g/mol. The van der Waals surface area contributed by atoms with E-state index in [4.69, 9.17) is 5.73 Å². The molecule has 1 aromatic heterocycles. The van der Waals surface area contributed by atoms with Crippen LogP contribution in [0.25, 0.3) is 0 Å². The molecule has 2 N–H and O–H groups in total. The molecule has 0 amide bonds. The zero-order valence-electron chi connectivity index (χ0n) is 12.3. The van der Waals surface area contributed by atoms with Gasteiger partial charge in [0.05, 0.1) is 17.9 Å². The Hall–Kier alpha value is -2.04. The maximum Gasteiger partial charge on any atom is 0.146 e. The zero-order chi connectivity index (χ0) is 14.4. The van der Waals surface area contributed by atoms with Gasteiger partial charge in [-0.3, -0.25) is 0 Å². The molecule has 5 nitrogen and oxygen atoms in total. The highest BCUT2D eigenvalue weighted by Gasteiger charge is 2.13. The van der Waals surface area contributed by atoms with Crippen molar-refractivity contribution >= 4 is 11.4 Å². The largest absolute Gasteiger partial charge is 0.397 e. The number of nitrogen functional groups attached to an aromatic ring is 1. The van der Waals surface area contributed by atoms with E-state index < -0.39 is 0 Å². The summed E-state index contributed by atoms with van der Waals surface area (Å²) in [6.45, 7) is 6.90. The summed E-state index contributed by atoms with van der Waals surface area (Å²) in [6, 6.07) is 7.98. The average Bonchev–Trinajstić information content (AvgIpc) is 2.87. The monoisotopic (exact) mass is 273 g/mol. The van der Waals surface area contributed by atoms with Gasteiger partial charge in [0, 0.05) is 13.1 Å². The highest BCUT2D eigenvalue weighted by Crippen LogP contribution is 2.24. The van der Waals surface area contributed by atoms with Gasteiger partial charge in [-0.05, 0) is 25.0 Å². The summed E-state index contributed by atoms with van der Waals surface area (Å²) in [7, 11) is 0. The van der Waals surface area contributed by atoms with Crippen molar-refractivity contribution in [1.29, 1.82) is 0 Å². The first kappa shape index (κ1) is 14.4. The molecule has 0 atom stereocenters. The fraction of sp³-hybridized carbons (Fsp3) is 0.467. The molecule has 0 aliphatic heterocycles. The number of nitrogens with two attached hydrogens (primary N) is 1. The van der Waals surface area contributed by atoms with Crippen molar-refractivity contribution in [2.75, 3.05) is 17.2 Å². The van der Waals surface area contributed by atoms with Crippen LogP contribution in [0.2, 0.25) is 0 Å². The number of hydrogen-bond donors (Lipinski definition) is 1. The molecule has 0 aliphatic rings. The smallest absolute Gasteiger partial charge is 0.146 e. The first-order chi connectivity index (χ1) is 9.76. The van der Waals surface area contributed by atoms with E-state index in [-0.39, 0.29) is 0 Å². The summed E-state index contributed by atoms with van der Waals surface area (Å²) >= 11 is 0. The van der Waals surface area contributed by atoms with Gasteiger partial charge in [0.2, 0.25) is 0 Å². The Morgan fingerprint density at radius 2 is 2.00 bits per heavy atom. The minimum atomic E-state index is 0.738. The summed E-state index contributed by atoms with van der Waals surface area (Å²) in [5, 5.41) is 4.28. The number of aromatic nitrogens is 3. The second-order valence-electron chi connectivity index (χ2n) is 4.88. The minimum Gasteiger partial charge on any atom is -0.397 e. The molecular formula is C15H23N5. The van der Waals surface area contributed by atoms with E-state index in [2.05, 4.69) is 34.9 Å². The van der Waals surface area contributed by atoms with Crippen molar-refractivity contribution in [2.45, 2.75) is 39.8 Å².